The molecular formula is C5H5N3O. The minimum Gasteiger partial charge on any atom is -0.256 e. The summed E-state index contributed by atoms with van der Waals surface area (Å²) in [6.07, 6.45) is 2.95. The summed E-state index contributed by atoms with van der Waals surface area (Å²) in [4.78, 5) is 17.3. The largest absolute Gasteiger partial charge is 0.256 e. The molecule has 0 radical (unpaired) electrons. The Balaban J connectivity index is 3.15. The van der Waals surface area contributed by atoms with Gasteiger partial charge in [0, 0.05) is 12.4 Å². The Hall–Kier alpha value is -1.32. The maximum Gasteiger partial charge on any atom is 0.217 e. The number of nitroso groups, excluding NO2 is 1. The van der Waals surface area contributed by atoms with E-state index in [-0.39, 0.29) is 5.82 Å². The first kappa shape index (κ1) is 5.81. The maximum absolute atomic E-state index is 9.87. The summed E-state index contributed by atoms with van der Waals surface area (Å²) in [6, 6.07) is 0. The smallest absolute Gasteiger partial charge is 0.217 e. The molecule has 0 atom stereocenters. The van der Waals surface area contributed by atoms with Crippen LogP contribution in [0.25, 0.3) is 0 Å². The van der Waals surface area contributed by atoms with E-state index in [1.54, 1.807) is 6.92 Å². The fourth-order valence-electron chi connectivity index (χ4n) is 0.490. The molecule has 4 nitrogen and oxygen atoms in total. The van der Waals surface area contributed by atoms with E-state index in [0.29, 0.717) is 5.69 Å². The quantitative estimate of drug-likeness (QED) is 0.527. The number of aromatic nitrogens is 2. The highest BCUT2D eigenvalue weighted by molar-refractivity contribution is 5.29. The van der Waals surface area contributed by atoms with Crippen molar-refractivity contribution in [3.05, 3.63) is 23.0 Å². The van der Waals surface area contributed by atoms with Gasteiger partial charge < -0.3 is 0 Å². The van der Waals surface area contributed by atoms with E-state index in [1.165, 1.54) is 12.4 Å². The molecule has 4 heteroatoms. The number of nitrogens with zero attached hydrogens (tertiary/aromatic N) is 3. The highest BCUT2D eigenvalue weighted by atomic mass is 16.3. The van der Waals surface area contributed by atoms with Gasteiger partial charge in [-0.2, -0.15) is 0 Å². The summed E-state index contributed by atoms with van der Waals surface area (Å²) < 4.78 is 0. The Bertz CT molecular complexity index is 223. The van der Waals surface area contributed by atoms with E-state index in [0.717, 1.165) is 0 Å². The Labute approximate surface area is 51.9 Å². The van der Waals surface area contributed by atoms with Crippen molar-refractivity contribution in [3.8, 4) is 0 Å². The molecule has 0 aliphatic carbocycles. The lowest BCUT2D eigenvalue weighted by atomic mass is 10.5. The molecule has 46 valence electrons. The normalized spacial score (nSPS) is 9.00. The molecule has 9 heavy (non-hydrogen) atoms. The molecule has 1 aromatic rings. The molecule has 1 rings (SSSR count). The van der Waals surface area contributed by atoms with E-state index in [2.05, 4.69) is 15.1 Å². The molecule has 0 bridgehead atoms. The second-order valence-corrected chi connectivity index (χ2v) is 1.56. The lowest BCUT2D eigenvalue weighted by molar-refractivity contribution is 1.10. The fraction of sp³-hybridized carbons (Fsp3) is 0.200. The molecule has 0 saturated heterocycles. The molecule has 0 N–H and O–H groups in total. The SMILES string of the molecule is Cc1nccnc1N=O. The van der Waals surface area contributed by atoms with Crippen LogP contribution in [0.2, 0.25) is 0 Å². The Morgan fingerprint density at radius 1 is 1.44 bits per heavy atom. The minimum absolute atomic E-state index is 0.164. The maximum atomic E-state index is 9.87. The molecule has 0 aromatic carbocycles. The van der Waals surface area contributed by atoms with Crippen LogP contribution in [-0.4, -0.2) is 9.97 Å². The lowest BCUT2D eigenvalue weighted by Gasteiger charge is -1.88. The molecule has 0 saturated carbocycles. The van der Waals surface area contributed by atoms with Crippen LogP contribution < -0.4 is 0 Å². The molecule has 0 spiro atoms. The van der Waals surface area contributed by atoms with Crippen molar-refractivity contribution in [3.63, 3.8) is 0 Å². The zero-order valence-electron chi connectivity index (χ0n) is 4.90. The average Bonchev–Trinajstić information content (AvgIpc) is 1.89. The van der Waals surface area contributed by atoms with E-state index in [1.807, 2.05) is 0 Å². The molecule has 0 amide bonds. The summed E-state index contributed by atoms with van der Waals surface area (Å²) in [6.45, 7) is 1.68. The van der Waals surface area contributed by atoms with Crippen LogP contribution in [0.4, 0.5) is 5.82 Å². The number of hydrogen-bond acceptors (Lipinski definition) is 4. The minimum atomic E-state index is 0.164. The second kappa shape index (κ2) is 2.30. The van der Waals surface area contributed by atoms with Crippen molar-refractivity contribution in [2.24, 2.45) is 5.18 Å². The van der Waals surface area contributed by atoms with Crippen LogP contribution in [0.15, 0.2) is 17.6 Å². The first-order valence-corrected chi connectivity index (χ1v) is 2.45. The van der Waals surface area contributed by atoms with Crippen molar-refractivity contribution in [2.45, 2.75) is 6.92 Å². The van der Waals surface area contributed by atoms with Crippen LogP contribution in [0.3, 0.4) is 0 Å². The van der Waals surface area contributed by atoms with Crippen molar-refractivity contribution in [1.29, 1.82) is 0 Å². The first-order valence-electron chi connectivity index (χ1n) is 2.45. The monoisotopic (exact) mass is 123 g/mol. The van der Waals surface area contributed by atoms with Gasteiger partial charge in [0.05, 0.1) is 5.69 Å². The predicted molar refractivity (Wildman–Crippen MR) is 32.2 cm³/mol. The summed E-state index contributed by atoms with van der Waals surface area (Å²) in [5.74, 6) is 0.164. The van der Waals surface area contributed by atoms with E-state index in [4.69, 9.17) is 0 Å². The summed E-state index contributed by atoms with van der Waals surface area (Å²) >= 11 is 0. The third-order valence-electron chi connectivity index (χ3n) is 0.942. The Morgan fingerprint density at radius 3 is 2.56 bits per heavy atom. The van der Waals surface area contributed by atoms with Gasteiger partial charge in [0.15, 0.2) is 0 Å². The van der Waals surface area contributed by atoms with Crippen molar-refractivity contribution >= 4 is 5.82 Å². The standard InChI is InChI=1S/C5H5N3O/c1-4-5(8-9)7-3-2-6-4/h2-3H,1H3. The molecule has 1 aromatic heterocycles. The molecular weight excluding hydrogens is 118 g/mol. The second-order valence-electron chi connectivity index (χ2n) is 1.56. The summed E-state index contributed by atoms with van der Waals surface area (Å²) in [7, 11) is 0. The molecule has 0 aliphatic rings. The fourth-order valence-corrected chi connectivity index (χ4v) is 0.490. The third-order valence-corrected chi connectivity index (χ3v) is 0.942. The van der Waals surface area contributed by atoms with Gasteiger partial charge in [-0.15, -0.1) is 4.91 Å². The van der Waals surface area contributed by atoms with Gasteiger partial charge >= 0.3 is 0 Å². The number of aryl methyl sites for hydroxylation is 1. The van der Waals surface area contributed by atoms with Crippen LogP contribution in [0, 0.1) is 11.8 Å². The Morgan fingerprint density at radius 2 is 2.11 bits per heavy atom. The van der Waals surface area contributed by atoms with E-state index >= 15 is 0 Å². The average molecular weight is 123 g/mol. The van der Waals surface area contributed by atoms with Crippen LogP contribution in [0.1, 0.15) is 5.69 Å². The third kappa shape index (κ3) is 1.07. The molecule has 0 aliphatic heterocycles. The molecule has 1 heterocycles. The molecule has 0 fully saturated rings. The van der Waals surface area contributed by atoms with Gasteiger partial charge in [-0.1, -0.05) is 0 Å². The first-order chi connectivity index (χ1) is 4.34. The van der Waals surface area contributed by atoms with Crippen molar-refractivity contribution in [1.82, 2.24) is 9.97 Å². The summed E-state index contributed by atoms with van der Waals surface area (Å²) in [5.41, 5.74) is 0.563. The zero-order valence-corrected chi connectivity index (χ0v) is 4.90. The topological polar surface area (TPSA) is 55.2 Å². The van der Waals surface area contributed by atoms with E-state index < -0.39 is 0 Å². The predicted octanol–water partition coefficient (Wildman–Crippen LogP) is 1.18. The van der Waals surface area contributed by atoms with E-state index in [9.17, 15) is 4.91 Å². The van der Waals surface area contributed by atoms with Gasteiger partial charge in [0.2, 0.25) is 5.82 Å². The zero-order chi connectivity index (χ0) is 6.69. The van der Waals surface area contributed by atoms with Gasteiger partial charge in [0.25, 0.3) is 0 Å². The van der Waals surface area contributed by atoms with Crippen molar-refractivity contribution in [2.75, 3.05) is 0 Å². The number of hydrogen-bond donors (Lipinski definition) is 0. The van der Waals surface area contributed by atoms with Gasteiger partial charge in [-0.25, -0.2) is 4.98 Å². The highest BCUT2D eigenvalue weighted by Gasteiger charge is 1.95. The number of rotatable bonds is 1. The summed E-state index contributed by atoms with van der Waals surface area (Å²) in [5, 5.41) is 2.65. The van der Waals surface area contributed by atoms with Crippen LogP contribution in [0.5, 0.6) is 0 Å². The van der Waals surface area contributed by atoms with Gasteiger partial charge in [-0.05, 0) is 12.1 Å². The van der Waals surface area contributed by atoms with Gasteiger partial charge in [0.1, 0.15) is 0 Å². The van der Waals surface area contributed by atoms with Crippen LogP contribution in [-0.2, 0) is 0 Å². The van der Waals surface area contributed by atoms with Gasteiger partial charge in [-0.3, -0.25) is 4.98 Å². The Kier molecular flexibility index (Phi) is 1.48. The highest BCUT2D eigenvalue weighted by Crippen LogP contribution is 2.08. The van der Waals surface area contributed by atoms with Crippen molar-refractivity contribution < 1.29 is 0 Å². The lowest BCUT2D eigenvalue weighted by Crippen LogP contribution is -1.81. The van der Waals surface area contributed by atoms with Crippen LogP contribution >= 0.6 is 0 Å². The molecule has 0 unspecified atom stereocenters.